The highest BCUT2D eigenvalue weighted by atomic mass is 79.9. The van der Waals surface area contributed by atoms with Crippen molar-refractivity contribution < 1.29 is 0 Å². The van der Waals surface area contributed by atoms with E-state index in [2.05, 4.69) is 46.4 Å². The molecule has 0 aliphatic carbocycles. The topological polar surface area (TPSA) is 35.8 Å². The number of nitrogens with one attached hydrogen (secondary N) is 1. The highest BCUT2D eigenvalue weighted by Gasteiger charge is 2.08. The van der Waals surface area contributed by atoms with Crippen LogP contribution in [0.3, 0.4) is 0 Å². The third-order valence-corrected chi connectivity index (χ3v) is 3.57. The van der Waals surface area contributed by atoms with Crippen molar-refractivity contribution in [2.45, 2.75) is 19.9 Å². The molecule has 0 aliphatic rings. The normalized spacial score (nSPS) is 11.7. The monoisotopic (exact) mass is 314 g/mol. The van der Waals surface area contributed by atoms with Gasteiger partial charge in [-0.25, -0.2) is 0 Å². The average molecular weight is 315 g/mol. The summed E-state index contributed by atoms with van der Waals surface area (Å²) in [5.41, 5.74) is 3.89. The fourth-order valence-corrected chi connectivity index (χ4v) is 2.21. The number of anilines is 1. The van der Waals surface area contributed by atoms with Crippen LogP contribution in [-0.4, -0.2) is 0 Å². The smallest absolute Gasteiger partial charge is 0.101 e. The number of rotatable bonds is 3. The number of nitriles is 1. The van der Waals surface area contributed by atoms with E-state index in [0.717, 1.165) is 15.7 Å². The standard InChI is InChI=1S/C16H15BrN2/c1-11-3-4-14(10-18)16(9-11)19-12(2)13-5-7-15(17)8-6-13/h3-9,12,19H,1-2H3. The molecule has 0 saturated heterocycles. The molecular formula is C16H15BrN2. The molecule has 3 heteroatoms. The predicted octanol–water partition coefficient (Wildman–Crippen LogP) is 4.80. The molecule has 1 N–H and O–H groups in total. The second-order valence-electron chi connectivity index (χ2n) is 4.58. The van der Waals surface area contributed by atoms with Gasteiger partial charge in [-0.05, 0) is 49.2 Å². The molecule has 1 atom stereocenters. The van der Waals surface area contributed by atoms with Crippen molar-refractivity contribution in [3.8, 4) is 6.07 Å². The van der Waals surface area contributed by atoms with E-state index in [-0.39, 0.29) is 6.04 Å². The van der Waals surface area contributed by atoms with Crippen molar-refractivity contribution in [3.63, 3.8) is 0 Å². The highest BCUT2D eigenvalue weighted by Crippen LogP contribution is 2.24. The molecule has 0 fully saturated rings. The maximum Gasteiger partial charge on any atom is 0.101 e. The Morgan fingerprint density at radius 3 is 2.47 bits per heavy atom. The fourth-order valence-electron chi connectivity index (χ4n) is 1.94. The van der Waals surface area contributed by atoms with Gasteiger partial charge in [0.2, 0.25) is 0 Å². The van der Waals surface area contributed by atoms with Crippen molar-refractivity contribution in [3.05, 3.63) is 63.6 Å². The van der Waals surface area contributed by atoms with Gasteiger partial charge in [0.05, 0.1) is 11.3 Å². The van der Waals surface area contributed by atoms with E-state index in [1.807, 2.05) is 37.3 Å². The first-order valence-electron chi connectivity index (χ1n) is 6.13. The Morgan fingerprint density at radius 1 is 1.16 bits per heavy atom. The Morgan fingerprint density at radius 2 is 1.84 bits per heavy atom. The van der Waals surface area contributed by atoms with Gasteiger partial charge < -0.3 is 5.32 Å². The van der Waals surface area contributed by atoms with Crippen LogP contribution < -0.4 is 5.32 Å². The Labute approximate surface area is 122 Å². The minimum absolute atomic E-state index is 0.155. The average Bonchev–Trinajstić information content (AvgIpc) is 2.39. The van der Waals surface area contributed by atoms with Crippen molar-refractivity contribution in [2.24, 2.45) is 0 Å². The zero-order valence-corrected chi connectivity index (χ0v) is 12.5. The second-order valence-corrected chi connectivity index (χ2v) is 5.49. The molecule has 19 heavy (non-hydrogen) atoms. The summed E-state index contributed by atoms with van der Waals surface area (Å²) < 4.78 is 1.07. The molecule has 0 spiro atoms. The van der Waals surface area contributed by atoms with Gasteiger partial charge >= 0.3 is 0 Å². The zero-order chi connectivity index (χ0) is 13.8. The molecule has 2 aromatic rings. The maximum absolute atomic E-state index is 9.13. The minimum atomic E-state index is 0.155. The van der Waals surface area contributed by atoms with E-state index in [1.54, 1.807) is 0 Å². The fraction of sp³-hybridized carbons (Fsp3) is 0.188. The second kappa shape index (κ2) is 5.90. The Bertz CT molecular complexity index is 612. The molecule has 0 saturated carbocycles. The lowest BCUT2D eigenvalue weighted by Gasteiger charge is -2.17. The van der Waals surface area contributed by atoms with Crippen LogP contribution in [-0.2, 0) is 0 Å². The number of benzene rings is 2. The molecule has 96 valence electrons. The summed E-state index contributed by atoms with van der Waals surface area (Å²) in [6.45, 7) is 4.11. The van der Waals surface area contributed by atoms with Crippen LogP contribution in [0.5, 0.6) is 0 Å². The Kier molecular flexibility index (Phi) is 4.24. The van der Waals surface area contributed by atoms with E-state index < -0.39 is 0 Å². The first kappa shape index (κ1) is 13.6. The van der Waals surface area contributed by atoms with Crippen molar-refractivity contribution in [2.75, 3.05) is 5.32 Å². The lowest BCUT2D eigenvalue weighted by molar-refractivity contribution is 0.883. The molecule has 0 amide bonds. The van der Waals surface area contributed by atoms with E-state index in [4.69, 9.17) is 5.26 Å². The molecule has 0 aliphatic heterocycles. The molecule has 0 radical (unpaired) electrons. The van der Waals surface area contributed by atoms with Gasteiger partial charge in [0.15, 0.2) is 0 Å². The summed E-state index contributed by atoms with van der Waals surface area (Å²) in [4.78, 5) is 0. The Balaban J connectivity index is 2.23. The molecule has 2 nitrogen and oxygen atoms in total. The maximum atomic E-state index is 9.13. The minimum Gasteiger partial charge on any atom is -0.377 e. The van der Waals surface area contributed by atoms with Crippen molar-refractivity contribution >= 4 is 21.6 Å². The molecule has 0 bridgehead atoms. The summed E-state index contributed by atoms with van der Waals surface area (Å²) in [6, 6.07) is 16.4. The highest BCUT2D eigenvalue weighted by molar-refractivity contribution is 9.10. The summed E-state index contributed by atoms with van der Waals surface area (Å²) in [6.07, 6.45) is 0. The molecule has 0 heterocycles. The first-order chi connectivity index (χ1) is 9.10. The van der Waals surface area contributed by atoms with E-state index >= 15 is 0 Å². The van der Waals surface area contributed by atoms with Crippen molar-refractivity contribution in [1.82, 2.24) is 0 Å². The third-order valence-electron chi connectivity index (χ3n) is 3.04. The lowest BCUT2D eigenvalue weighted by atomic mass is 10.1. The Hall–Kier alpha value is -1.79. The predicted molar refractivity (Wildman–Crippen MR) is 82.1 cm³/mol. The summed E-state index contributed by atoms with van der Waals surface area (Å²) in [7, 11) is 0. The van der Waals surface area contributed by atoms with Crippen molar-refractivity contribution in [1.29, 1.82) is 5.26 Å². The van der Waals surface area contributed by atoms with Crippen LogP contribution in [0.25, 0.3) is 0 Å². The van der Waals surface area contributed by atoms with Gasteiger partial charge in [0.25, 0.3) is 0 Å². The molecule has 2 rings (SSSR count). The number of hydrogen-bond donors (Lipinski definition) is 1. The number of nitrogens with zero attached hydrogens (tertiary/aromatic N) is 1. The number of hydrogen-bond acceptors (Lipinski definition) is 2. The number of aryl methyl sites for hydroxylation is 1. The summed E-state index contributed by atoms with van der Waals surface area (Å²) in [5.74, 6) is 0. The van der Waals surface area contributed by atoms with Crippen LogP contribution in [0.15, 0.2) is 46.9 Å². The molecule has 0 aromatic heterocycles. The van der Waals surface area contributed by atoms with Gasteiger partial charge in [0.1, 0.15) is 6.07 Å². The molecular weight excluding hydrogens is 300 g/mol. The van der Waals surface area contributed by atoms with Gasteiger partial charge in [-0.1, -0.05) is 34.1 Å². The van der Waals surface area contributed by atoms with Crippen LogP contribution in [0, 0.1) is 18.3 Å². The summed E-state index contributed by atoms with van der Waals surface area (Å²) >= 11 is 3.43. The van der Waals surface area contributed by atoms with E-state index in [1.165, 1.54) is 5.56 Å². The van der Waals surface area contributed by atoms with Crippen LogP contribution in [0.2, 0.25) is 0 Å². The van der Waals surface area contributed by atoms with Gasteiger partial charge in [0, 0.05) is 10.5 Å². The number of halogens is 1. The van der Waals surface area contributed by atoms with E-state index in [9.17, 15) is 0 Å². The molecule has 1 unspecified atom stereocenters. The van der Waals surface area contributed by atoms with Crippen LogP contribution >= 0.6 is 15.9 Å². The SMILES string of the molecule is Cc1ccc(C#N)c(NC(C)c2ccc(Br)cc2)c1. The van der Waals surface area contributed by atoms with Gasteiger partial charge in [-0.3, -0.25) is 0 Å². The van der Waals surface area contributed by atoms with E-state index in [0.29, 0.717) is 5.56 Å². The van der Waals surface area contributed by atoms with Crippen LogP contribution in [0.4, 0.5) is 5.69 Å². The quantitative estimate of drug-likeness (QED) is 0.883. The lowest BCUT2D eigenvalue weighted by Crippen LogP contribution is -2.07. The molecule has 2 aromatic carbocycles. The largest absolute Gasteiger partial charge is 0.377 e. The first-order valence-corrected chi connectivity index (χ1v) is 6.92. The third kappa shape index (κ3) is 3.36. The zero-order valence-electron chi connectivity index (χ0n) is 10.9. The van der Waals surface area contributed by atoms with Gasteiger partial charge in [-0.15, -0.1) is 0 Å². The van der Waals surface area contributed by atoms with Crippen LogP contribution in [0.1, 0.15) is 29.7 Å². The van der Waals surface area contributed by atoms with Gasteiger partial charge in [-0.2, -0.15) is 5.26 Å². The summed E-state index contributed by atoms with van der Waals surface area (Å²) in [5, 5.41) is 12.5.